The monoisotopic (exact) mass is 592 g/mol. The Kier molecular flexibility index (Phi) is 35.9. The van der Waals surface area contributed by atoms with Gasteiger partial charge in [0.1, 0.15) is 0 Å². The van der Waals surface area contributed by atoms with Crippen molar-refractivity contribution in [3.8, 4) is 0 Å². The molecule has 0 heterocycles. The molecule has 0 fully saturated rings. The van der Waals surface area contributed by atoms with Gasteiger partial charge >= 0.3 is 40.5 Å². The van der Waals surface area contributed by atoms with Crippen LogP contribution in [0.5, 0.6) is 0 Å². The summed E-state index contributed by atoms with van der Waals surface area (Å²) in [5.74, 6) is 0. The van der Waals surface area contributed by atoms with Crippen molar-refractivity contribution >= 4 is 35.2 Å². The van der Waals surface area contributed by atoms with Crippen LogP contribution < -0.4 is 0 Å². The summed E-state index contributed by atoms with van der Waals surface area (Å²) in [6.07, 6.45) is 31.2. The fourth-order valence-corrected chi connectivity index (χ4v) is 6.37. The van der Waals surface area contributed by atoms with E-state index in [-0.39, 0.29) is 13.2 Å². The van der Waals surface area contributed by atoms with Crippen molar-refractivity contribution in [2.45, 2.75) is 136 Å². The summed E-state index contributed by atoms with van der Waals surface area (Å²) >= 11 is 6.25. The maximum atomic E-state index is 3.25. The molecule has 0 bridgehead atoms. The average molecular weight is 596 g/mol. The second-order valence-corrected chi connectivity index (χ2v) is 25.0. The third-order valence-electron chi connectivity index (χ3n) is 5.48. The third kappa shape index (κ3) is 30.2. The topological polar surface area (TPSA) is 0 Å². The van der Waals surface area contributed by atoms with Gasteiger partial charge < -0.3 is 0 Å². The van der Waals surface area contributed by atoms with Crippen LogP contribution in [0, 0.1) is 0 Å². The Morgan fingerprint density at radius 2 is 0.643 bits per heavy atom. The van der Waals surface area contributed by atoms with Crippen molar-refractivity contribution in [1.29, 1.82) is 0 Å². The third-order valence-corrected chi connectivity index (χ3v) is 8.33. The van der Waals surface area contributed by atoms with Crippen molar-refractivity contribution in [3.05, 3.63) is 0 Å². The molecule has 0 aromatic heterocycles. The van der Waals surface area contributed by atoms with E-state index in [4.69, 9.17) is 0 Å². The zero-order valence-electron chi connectivity index (χ0n) is 19.8. The molecule has 0 aliphatic rings. The van der Waals surface area contributed by atoms with Crippen LogP contribution in [0.2, 0.25) is 0 Å². The molecule has 0 N–H and O–H groups in total. The first kappa shape index (κ1) is 32.2. The zero-order valence-corrected chi connectivity index (χ0v) is 26.8. The molecule has 0 aliphatic carbocycles. The first-order valence-electron chi connectivity index (χ1n) is 12.6. The Bertz CT molecular complexity index is 217. The van der Waals surface area contributed by atoms with E-state index in [0.717, 1.165) is 0 Å². The summed E-state index contributed by atoms with van der Waals surface area (Å²) in [7, 11) is 0.366. The summed E-state index contributed by atoms with van der Waals surface area (Å²) in [6, 6.07) is 0. The van der Waals surface area contributed by atoms with E-state index in [2.05, 4.69) is 48.0 Å². The van der Waals surface area contributed by atoms with Crippen LogP contribution in [0.25, 0.3) is 0 Å². The van der Waals surface area contributed by atoms with Gasteiger partial charge in [-0.3, -0.25) is 0 Å². The Labute approximate surface area is 202 Å². The van der Waals surface area contributed by atoms with Crippen LogP contribution in [0.15, 0.2) is 0 Å². The van der Waals surface area contributed by atoms with E-state index >= 15 is 0 Å². The van der Waals surface area contributed by atoms with E-state index in [1.807, 2.05) is 0 Å². The van der Waals surface area contributed by atoms with Gasteiger partial charge in [-0.25, -0.2) is 0 Å². The number of rotatable bonds is 21. The van der Waals surface area contributed by atoms with E-state index in [1.54, 1.807) is 18.5 Å². The Morgan fingerprint density at radius 1 is 0.429 bits per heavy atom. The van der Waals surface area contributed by atoms with Gasteiger partial charge in [0.15, 0.2) is 0 Å². The van der Waals surface area contributed by atoms with Crippen molar-refractivity contribution in [2.75, 3.05) is 18.5 Å². The van der Waals surface area contributed by atoms with Gasteiger partial charge in [0.25, 0.3) is 0 Å². The first-order valence-corrected chi connectivity index (χ1v) is 28.4. The molecule has 0 aromatic rings. The molecular formula is C24H51Br2PZn. The minimum atomic E-state index is -0.250. The van der Waals surface area contributed by atoms with Gasteiger partial charge in [-0.1, -0.05) is 117 Å². The fourth-order valence-electron chi connectivity index (χ4n) is 3.68. The molecule has 168 valence electrons. The molecule has 0 nitrogen and oxygen atoms in total. The molecule has 0 aliphatic heterocycles. The summed E-state index contributed by atoms with van der Waals surface area (Å²) in [4.78, 5) is 0. The molecule has 0 rings (SSSR count). The number of hydrogen-bond acceptors (Lipinski definition) is 0. The predicted octanol–water partition coefficient (Wildman–Crippen LogP) is 11.2. The number of halogens is 2. The number of unbranched alkanes of at least 4 members (excludes halogenated alkanes) is 15. The maximum absolute atomic E-state index is 3.25. The van der Waals surface area contributed by atoms with Gasteiger partial charge in [0.2, 0.25) is 0 Å². The second kappa shape index (κ2) is 31.2. The Hall–Kier alpha value is 2.01. The minimum absolute atomic E-state index is 0.250. The molecule has 0 atom stereocenters. The quantitative estimate of drug-likeness (QED) is 0.0703. The van der Waals surface area contributed by atoms with E-state index in [1.165, 1.54) is 116 Å². The second-order valence-electron chi connectivity index (χ2n) is 8.25. The van der Waals surface area contributed by atoms with Crippen molar-refractivity contribution in [3.63, 3.8) is 0 Å². The van der Waals surface area contributed by atoms with Gasteiger partial charge in [-0.05, 0) is 37.7 Å². The summed E-state index contributed by atoms with van der Waals surface area (Å²) < 4.78 is 0. The van der Waals surface area contributed by atoms with Crippen LogP contribution >= 0.6 is 35.2 Å². The first-order chi connectivity index (χ1) is 13.8. The molecular weight excluding hydrogens is 544 g/mol. The molecule has 4 heteroatoms. The van der Waals surface area contributed by atoms with Crippen LogP contribution in [-0.2, 0) is 13.2 Å². The number of hydrogen-bond donors (Lipinski definition) is 0. The van der Waals surface area contributed by atoms with Crippen LogP contribution in [0.3, 0.4) is 0 Å². The predicted molar refractivity (Wildman–Crippen MR) is 140 cm³/mol. The van der Waals surface area contributed by atoms with Crippen molar-refractivity contribution < 1.29 is 13.2 Å². The molecule has 28 heavy (non-hydrogen) atoms. The van der Waals surface area contributed by atoms with E-state index in [0.29, 0.717) is 7.92 Å². The molecule has 0 saturated heterocycles. The Balaban J connectivity index is 0. The van der Waals surface area contributed by atoms with E-state index in [9.17, 15) is 0 Å². The standard InChI is InChI=1S/C24H51P.2BrH.Zn/c1-4-7-10-13-16-19-22-25(23-20-17-14-11-8-5-2)24-21-18-15-12-9-6-3;;;/h4-24H2,1-3H3;2*1H;/q;;;+2/p-2. The summed E-state index contributed by atoms with van der Waals surface area (Å²) in [6.45, 7) is 6.96. The normalized spacial score (nSPS) is 10.6. The van der Waals surface area contributed by atoms with Gasteiger partial charge in [-0.2, -0.15) is 0 Å². The van der Waals surface area contributed by atoms with Crippen LogP contribution in [0.1, 0.15) is 136 Å². The molecule has 0 amide bonds. The van der Waals surface area contributed by atoms with Gasteiger partial charge in [-0.15, -0.1) is 7.92 Å². The van der Waals surface area contributed by atoms with Crippen LogP contribution in [0.4, 0.5) is 0 Å². The van der Waals surface area contributed by atoms with Crippen LogP contribution in [-0.4, -0.2) is 18.5 Å². The zero-order chi connectivity index (χ0) is 21.1. The molecule has 0 spiro atoms. The Morgan fingerprint density at radius 3 is 0.893 bits per heavy atom. The van der Waals surface area contributed by atoms with Gasteiger partial charge in [0.05, 0.1) is 0 Å². The summed E-state index contributed by atoms with van der Waals surface area (Å²) in [5.41, 5.74) is 0. The average Bonchev–Trinajstić information content (AvgIpc) is 2.69. The molecule has 0 unspecified atom stereocenters. The van der Waals surface area contributed by atoms with Crippen molar-refractivity contribution in [2.24, 2.45) is 0 Å². The molecule has 0 saturated carbocycles. The van der Waals surface area contributed by atoms with Gasteiger partial charge in [0, 0.05) is 0 Å². The molecule has 0 aromatic carbocycles. The van der Waals surface area contributed by atoms with E-state index < -0.39 is 0 Å². The fraction of sp³-hybridized carbons (Fsp3) is 1.00. The summed E-state index contributed by atoms with van der Waals surface area (Å²) in [5, 5.41) is 0. The SMILES string of the molecule is CCCCCCCCP(CCCCCCCC)CCCCCCCC.[Br][Zn][Br]. The molecule has 0 radical (unpaired) electrons. The van der Waals surface area contributed by atoms with Crippen molar-refractivity contribution in [1.82, 2.24) is 0 Å².